The molecule has 80 valence electrons. The van der Waals surface area contributed by atoms with Crippen molar-refractivity contribution in [3.63, 3.8) is 0 Å². The summed E-state index contributed by atoms with van der Waals surface area (Å²) in [6.45, 7) is 3.04. The van der Waals surface area contributed by atoms with Gasteiger partial charge in [0.2, 0.25) is 0 Å². The lowest BCUT2D eigenvalue weighted by Crippen LogP contribution is -2.20. The van der Waals surface area contributed by atoms with Gasteiger partial charge in [-0.05, 0) is 30.5 Å². The Morgan fingerprint density at radius 2 is 2.07 bits per heavy atom. The molecule has 0 radical (unpaired) electrons. The van der Waals surface area contributed by atoms with Crippen LogP contribution < -0.4 is 5.32 Å². The van der Waals surface area contributed by atoms with E-state index < -0.39 is 0 Å². The summed E-state index contributed by atoms with van der Waals surface area (Å²) in [6.07, 6.45) is 8.18. The predicted molar refractivity (Wildman–Crippen MR) is 68.1 cm³/mol. The van der Waals surface area contributed by atoms with Gasteiger partial charge in [0.1, 0.15) is 0 Å². The highest BCUT2D eigenvalue weighted by Crippen LogP contribution is 2.20. The molecule has 1 rings (SSSR count). The molecule has 0 bridgehead atoms. The van der Waals surface area contributed by atoms with Crippen molar-refractivity contribution in [2.45, 2.75) is 24.3 Å². The summed E-state index contributed by atoms with van der Waals surface area (Å²) in [7, 11) is 0. The van der Waals surface area contributed by atoms with Crippen LogP contribution in [0, 0.1) is 12.3 Å². The molecule has 1 aromatic rings. The van der Waals surface area contributed by atoms with Crippen molar-refractivity contribution in [1.29, 1.82) is 0 Å². The molecular weight excluding hydrogens is 202 g/mol. The van der Waals surface area contributed by atoms with Gasteiger partial charge in [0.15, 0.2) is 0 Å². The minimum absolute atomic E-state index is 0.288. The standard InChI is InChI=1S/C13H17NS/c1-4-6-13(14-5-2)11-7-9-12(15-3)10-8-11/h1,7-10,13-14H,5-6H2,2-3H3. The largest absolute Gasteiger partial charge is 0.309 e. The average molecular weight is 219 g/mol. The third kappa shape index (κ3) is 3.62. The first kappa shape index (κ1) is 12.2. The van der Waals surface area contributed by atoms with Crippen LogP contribution in [0.3, 0.4) is 0 Å². The highest BCUT2D eigenvalue weighted by atomic mass is 32.2. The van der Waals surface area contributed by atoms with Crippen molar-refractivity contribution in [1.82, 2.24) is 5.32 Å². The highest BCUT2D eigenvalue weighted by molar-refractivity contribution is 7.98. The Labute approximate surface area is 96.7 Å². The van der Waals surface area contributed by atoms with Crippen molar-refractivity contribution in [2.75, 3.05) is 12.8 Å². The second kappa shape index (κ2) is 6.55. The van der Waals surface area contributed by atoms with Gasteiger partial charge in [-0.3, -0.25) is 0 Å². The first-order valence-corrected chi connectivity index (χ1v) is 6.35. The maximum atomic E-state index is 5.36. The van der Waals surface area contributed by atoms with Crippen molar-refractivity contribution >= 4 is 11.8 Å². The van der Waals surface area contributed by atoms with E-state index in [0.29, 0.717) is 0 Å². The lowest BCUT2D eigenvalue weighted by molar-refractivity contribution is 0.565. The van der Waals surface area contributed by atoms with Crippen LogP contribution >= 0.6 is 11.8 Å². The number of hydrogen-bond donors (Lipinski definition) is 1. The lowest BCUT2D eigenvalue weighted by Gasteiger charge is -2.15. The molecule has 1 nitrogen and oxygen atoms in total. The molecule has 1 unspecified atom stereocenters. The van der Waals surface area contributed by atoms with Crippen LogP contribution in [-0.4, -0.2) is 12.8 Å². The van der Waals surface area contributed by atoms with Crippen molar-refractivity contribution in [3.8, 4) is 12.3 Å². The molecule has 2 heteroatoms. The number of terminal acetylenes is 1. The maximum Gasteiger partial charge on any atom is 0.0430 e. The molecule has 0 aliphatic heterocycles. The van der Waals surface area contributed by atoms with Crippen molar-refractivity contribution < 1.29 is 0 Å². The van der Waals surface area contributed by atoms with Gasteiger partial charge in [-0.15, -0.1) is 24.1 Å². The second-order valence-corrected chi connectivity index (χ2v) is 4.17. The van der Waals surface area contributed by atoms with Crippen LogP contribution in [0.4, 0.5) is 0 Å². The fourth-order valence-corrected chi connectivity index (χ4v) is 1.92. The molecule has 0 saturated heterocycles. The maximum absolute atomic E-state index is 5.36. The summed E-state index contributed by atoms with van der Waals surface area (Å²) < 4.78 is 0. The fourth-order valence-electron chi connectivity index (χ4n) is 1.51. The SMILES string of the molecule is C#CCC(NCC)c1ccc(SC)cc1. The van der Waals surface area contributed by atoms with Gasteiger partial charge < -0.3 is 5.32 Å². The van der Waals surface area contributed by atoms with E-state index in [1.807, 2.05) is 0 Å². The molecule has 0 amide bonds. The van der Waals surface area contributed by atoms with Crippen molar-refractivity contribution in [2.24, 2.45) is 0 Å². The summed E-state index contributed by atoms with van der Waals surface area (Å²) in [5, 5.41) is 3.39. The van der Waals surface area contributed by atoms with E-state index in [2.05, 4.69) is 48.7 Å². The first-order valence-electron chi connectivity index (χ1n) is 5.12. The van der Waals surface area contributed by atoms with E-state index in [0.717, 1.165) is 13.0 Å². The van der Waals surface area contributed by atoms with E-state index in [-0.39, 0.29) is 6.04 Å². The molecule has 0 fully saturated rings. The smallest absolute Gasteiger partial charge is 0.0430 e. The molecule has 0 aliphatic rings. The predicted octanol–water partition coefficient (Wildman–Crippen LogP) is 3.08. The summed E-state index contributed by atoms with van der Waals surface area (Å²) in [5.74, 6) is 2.71. The Bertz CT molecular complexity index is 323. The zero-order chi connectivity index (χ0) is 11.1. The third-order valence-electron chi connectivity index (χ3n) is 2.29. The van der Waals surface area contributed by atoms with Crippen LogP contribution in [0.5, 0.6) is 0 Å². The van der Waals surface area contributed by atoms with Gasteiger partial charge >= 0.3 is 0 Å². The zero-order valence-electron chi connectivity index (χ0n) is 9.29. The van der Waals surface area contributed by atoms with Gasteiger partial charge in [-0.25, -0.2) is 0 Å². The molecular formula is C13H17NS. The minimum atomic E-state index is 0.288. The molecule has 0 aliphatic carbocycles. The minimum Gasteiger partial charge on any atom is -0.309 e. The van der Waals surface area contributed by atoms with Crippen molar-refractivity contribution in [3.05, 3.63) is 29.8 Å². The highest BCUT2D eigenvalue weighted by Gasteiger charge is 2.07. The number of benzene rings is 1. The molecule has 1 N–H and O–H groups in total. The van der Waals surface area contributed by atoms with Crippen LogP contribution in [0.2, 0.25) is 0 Å². The first-order chi connectivity index (χ1) is 7.31. The Morgan fingerprint density at radius 3 is 2.53 bits per heavy atom. The molecule has 0 spiro atoms. The monoisotopic (exact) mass is 219 g/mol. The zero-order valence-corrected chi connectivity index (χ0v) is 10.1. The Balaban J connectivity index is 2.77. The van der Waals surface area contributed by atoms with Gasteiger partial charge in [0.05, 0.1) is 0 Å². The molecule has 1 atom stereocenters. The molecule has 15 heavy (non-hydrogen) atoms. The van der Waals surface area contributed by atoms with Gasteiger partial charge in [-0.1, -0.05) is 19.1 Å². The van der Waals surface area contributed by atoms with E-state index in [1.165, 1.54) is 10.5 Å². The van der Waals surface area contributed by atoms with E-state index in [9.17, 15) is 0 Å². The summed E-state index contributed by atoms with van der Waals surface area (Å²) in [6, 6.07) is 8.87. The number of thioether (sulfide) groups is 1. The molecule has 0 aromatic heterocycles. The third-order valence-corrected chi connectivity index (χ3v) is 3.03. The number of hydrogen-bond acceptors (Lipinski definition) is 2. The van der Waals surface area contributed by atoms with Gasteiger partial charge in [-0.2, -0.15) is 0 Å². The van der Waals surface area contributed by atoms with E-state index in [1.54, 1.807) is 11.8 Å². The quantitative estimate of drug-likeness (QED) is 0.603. The number of nitrogens with one attached hydrogen (secondary N) is 1. The Morgan fingerprint density at radius 1 is 1.40 bits per heavy atom. The fraction of sp³-hybridized carbons (Fsp3) is 0.385. The molecule has 0 heterocycles. The second-order valence-electron chi connectivity index (χ2n) is 3.29. The van der Waals surface area contributed by atoms with Gasteiger partial charge in [0, 0.05) is 17.4 Å². The Hall–Kier alpha value is -0.910. The number of rotatable bonds is 5. The van der Waals surface area contributed by atoms with Gasteiger partial charge in [0.25, 0.3) is 0 Å². The van der Waals surface area contributed by atoms with E-state index >= 15 is 0 Å². The molecule has 1 aromatic carbocycles. The van der Waals surface area contributed by atoms with Crippen LogP contribution in [0.15, 0.2) is 29.2 Å². The molecule has 0 saturated carbocycles. The topological polar surface area (TPSA) is 12.0 Å². The normalized spacial score (nSPS) is 12.1. The lowest BCUT2D eigenvalue weighted by atomic mass is 10.0. The van der Waals surface area contributed by atoms with Crippen LogP contribution in [0.1, 0.15) is 24.9 Å². The Kier molecular flexibility index (Phi) is 5.31. The van der Waals surface area contributed by atoms with E-state index in [4.69, 9.17) is 6.42 Å². The van der Waals surface area contributed by atoms with Crippen LogP contribution in [-0.2, 0) is 0 Å². The summed E-state index contributed by atoms with van der Waals surface area (Å²) in [4.78, 5) is 1.29. The summed E-state index contributed by atoms with van der Waals surface area (Å²) in [5.41, 5.74) is 1.27. The summed E-state index contributed by atoms with van der Waals surface area (Å²) >= 11 is 1.76. The van der Waals surface area contributed by atoms with Crippen LogP contribution in [0.25, 0.3) is 0 Å². The average Bonchev–Trinajstić information content (AvgIpc) is 2.29.